The number of carbonyl (C=O) groups excluding carboxylic acids is 2. The number of urea groups is 2. The number of carbonyl (C=O) groups is 2. The number of methoxy groups -OCH3 is 1. The van der Waals surface area contributed by atoms with E-state index in [2.05, 4.69) is 20.4 Å². The molecule has 1 aliphatic heterocycles. The Morgan fingerprint density at radius 3 is 2.43 bits per heavy atom. The molecule has 1 aromatic carbocycles. The molecule has 11 heteroatoms. The van der Waals surface area contributed by atoms with Crippen molar-refractivity contribution in [3.8, 4) is 11.8 Å². The highest BCUT2D eigenvalue weighted by molar-refractivity contribution is 6.03. The van der Waals surface area contributed by atoms with E-state index in [4.69, 9.17) is 4.74 Å². The number of aromatic nitrogens is 1. The van der Waals surface area contributed by atoms with Gasteiger partial charge in [-0.15, -0.1) is 0 Å². The Morgan fingerprint density at radius 2 is 1.83 bits per heavy atom. The van der Waals surface area contributed by atoms with Crippen LogP contribution in [0.4, 0.5) is 29.7 Å². The van der Waals surface area contributed by atoms with E-state index >= 15 is 0 Å². The molecule has 35 heavy (non-hydrogen) atoms. The van der Waals surface area contributed by atoms with Gasteiger partial charge in [0.25, 0.3) is 0 Å². The van der Waals surface area contributed by atoms with E-state index < -0.39 is 18.5 Å². The number of likely N-dealkylation sites (tertiary alicyclic amines) is 1. The highest BCUT2D eigenvalue weighted by atomic mass is 19.3. The molecule has 4 amide bonds. The van der Waals surface area contributed by atoms with Gasteiger partial charge in [0.2, 0.25) is 11.8 Å². The monoisotopic (exact) mass is 491 g/mol. The summed E-state index contributed by atoms with van der Waals surface area (Å²) >= 11 is 0. The minimum absolute atomic E-state index is 0.00840. The molecule has 0 bridgehead atoms. The molecule has 190 valence electrons. The molecule has 2 N–H and O–H groups in total. The number of ether oxygens (including phenoxy) is 2. The Balaban J connectivity index is 1.95. The summed E-state index contributed by atoms with van der Waals surface area (Å²) in [4.78, 5) is 33.0. The summed E-state index contributed by atoms with van der Waals surface area (Å²) in [5.74, 6) is -0.241. The molecule has 1 aliphatic rings. The van der Waals surface area contributed by atoms with Crippen LogP contribution in [0.15, 0.2) is 36.4 Å². The Bertz CT molecular complexity index is 1030. The van der Waals surface area contributed by atoms with E-state index in [9.17, 15) is 18.4 Å². The van der Waals surface area contributed by atoms with Gasteiger partial charge in [0, 0.05) is 37.9 Å². The summed E-state index contributed by atoms with van der Waals surface area (Å²) in [5, 5.41) is 5.31. The summed E-state index contributed by atoms with van der Waals surface area (Å²) in [6, 6.07) is 9.53. The Morgan fingerprint density at radius 1 is 1.14 bits per heavy atom. The molecule has 9 nitrogen and oxygen atoms in total. The zero-order chi connectivity index (χ0) is 25.5. The van der Waals surface area contributed by atoms with Crippen molar-refractivity contribution < 1.29 is 27.8 Å². The van der Waals surface area contributed by atoms with Crippen LogP contribution >= 0.6 is 0 Å². The van der Waals surface area contributed by atoms with E-state index in [1.165, 1.54) is 19.2 Å². The largest absolute Gasteiger partial charge is 0.481 e. The van der Waals surface area contributed by atoms with Crippen molar-refractivity contribution in [2.45, 2.75) is 45.3 Å². The van der Waals surface area contributed by atoms with Crippen molar-refractivity contribution in [1.82, 2.24) is 15.2 Å². The molecule has 1 fully saturated rings. The van der Waals surface area contributed by atoms with Crippen LogP contribution in [0.2, 0.25) is 0 Å². The van der Waals surface area contributed by atoms with Gasteiger partial charge in [0.05, 0.1) is 7.11 Å². The summed E-state index contributed by atoms with van der Waals surface area (Å²) < 4.78 is 35.5. The topological polar surface area (TPSA) is 96.0 Å². The third-order valence-electron chi connectivity index (χ3n) is 5.85. The molecule has 0 saturated carbocycles. The number of benzene rings is 1. The van der Waals surface area contributed by atoms with Crippen LogP contribution < -0.4 is 25.0 Å². The van der Waals surface area contributed by atoms with Gasteiger partial charge in [0.15, 0.2) is 0 Å². The number of alkyl halides is 2. The van der Waals surface area contributed by atoms with Gasteiger partial charge in [-0.2, -0.15) is 13.8 Å². The normalized spacial score (nSPS) is 14.1. The molecule has 0 spiro atoms. The predicted molar refractivity (Wildman–Crippen MR) is 129 cm³/mol. The molecule has 0 atom stereocenters. The van der Waals surface area contributed by atoms with E-state index in [-0.39, 0.29) is 29.6 Å². The van der Waals surface area contributed by atoms with E-state index in [1.807, 2.05) is 38.1 Å². The first kappa shape index (κ1) is 26.0. The van der Waals surface area contributed by atoms with Crippen molar-refractivity contribution in [2.24, 2.45) is 0 Å². The smallest absolute Gasteiger partial charge is 0.388 e. The third-order valence-corrected chi connectivity index (χ3v) is 5.85. The quantitative estimate of drug-likeness (QED) is 0.588. The lowest BCUT2D eigenvalue weighted by molar-refractivity contribution is -0.0525. The fraction of sp³-hybridized carbons (Fsp3) is 0.458. The summed E-state index contributed by atoms with van der Waals surface area (Å²) in [6.45, 7) is 1.89. The number of hydrogen-bond acceptors (Lipinski definition) is 5. The van der Waals surface area contributed by atoms with Crippen molar-refractivity contribution >= 4 is 23.4 Å². The zero-order valence-electron chi connectivity index (χ0n) is 20.3. The second-order valence-corrected chi connectivity index (χ2v) is 8.37. The van der Waals surface area contributed by atoms with Crippen LogP contribution in [0.1, 0.15) is 38.2 Å². The first-order valence-electron chi connectivity index (χ1n) is 11.4. The van der Waals surface area contributed by atoms with Crippen molar-refractivity contribution in [3.05, 3.63) is 42.0 Å². The number of rotatable bonds is 7. The van der Waals surface area contributed by atoms with Crippen LogP contribution in [-0.2, 0) is 0 Å². The van der Waals surface area contributed by atoms with Gasteiger partial charge in [-0.05, 0) is 36.5 Å². The maximum Gasteiger partial charge on any atom is 0.388 e. The fourth-order valence-corrected chi connectivity index (χ4v) is 4.13. The van der Waals surface area contributed by atoms with Gasteiger partial charge in [0.1, 0.15) is 5.69 Å². The minimum Gasteiger partial charge on any atom is -0.481 e. The first-order valence-corrected chi connectivity index (χ1v) is 11.4. The number of hydrogen-bond donors (Lipinski definition) is 2. The van der Waals surface area contributed by atoms with Crippen LogP contribution in [0.5, 0.6) is 11.8 Å². The average Bonchev–Trinajstić information content (AvgIpc) is 2.85. The number of nitrogens with one attached hydrogen (secondary N) is 2. The lowest BCUT2D eigenvalue weighted by Gasteiger charge is -2.39. The van der Waals surface area contributed by atoms with Crippen molar-refractivity contribution in [3.63, 3.8) is 0 Å². The van der Waals surface area contributed by atoms with Crippen molar-refractivity contribution in [2.75, 3.05) is 37.5 Å². The van der Waals surface area contributed by atoms with Gasteiger partial charge in [-0.3, -0.25) is 4.90 Å². The Hall–Kier alpha value is -3.63. The van der Waals surface area contributed by atoms with Crippen LogP contribution in [0, 0.1) is 0 Å². The predicted octanol–water partition coefficient (Wildman–Crippen LogP) is 4.66. The minimum atomic E-state index is -3.13. The van der Waals surface area contributed by atoms with Crippen LogP contribution in [0.3, 0.4) is 0 Å². The summed E-state index contributed by atoms with van der Waals surface area (Å²) in [5.41, 5.74) is 1.68. The first-order chi connectivity index (χ1) is 16.7. The molecule has 0 aliphatic carbocycles. The molecular weight excluding hydrogens is 460 g/mol. The second-order valence-electron chi connectivity index (χ2n) is 8.37. The van der Waals surface area contributed by atoms with Crippen LogP contribution in [0.25, 0.3) is 0 Å². The highest BCUT2D eigenvalue weighted by Gasteiger charge is 2.32. The maximum absolute atomic E-state index is 13.7. The van der Waals surface area contributed by atoms with Gasteiger partial charge >= 0.3 is 18.7 Å². The number of amides is 4. The fourth-order valence-electron chi connectivity index (χ4n) is 4.13. The molecular formula is C24H31F2N5O4. The third kappa shape index (κ3) is 6.28. The van der Waals surface area contributed by atoms with E-state index in [0.29, 0.717) is 25.9 Å². The average molecular weight is 492 g/mol. The summed E-state index contributed by atoms with van der Waals surface area (Å²) in [6.07, 6.45) is 1.10. The van der Waals surface area contributed by atoms with Crippen molar-refractivity contribution in [1.29, 1.82) is 0 Å². The number of piperidine rings is 1. The lowest BCUT2D eigenvalue weighted by atomic mass is 9.97. The number of anilines is 2. The van der Waals surface area contributed by atoms with Gasteiger partial charge in [-0.1, -0.05) is 32.0 Å². The zero-order valence-corrected chi connectivity index (χ0v) is 20.3. The molecule has 2 heterocycles. The van der Waals surface area contributed by atoms with Gasteiger partial charge in [-0.25, -0.2) is 9.59 Å². The number of pyridine rings is 1. The number of para-hydroxylation sites is 1. The molecule has 3 rings (SSSR count). The molecule has 1 aromatic heterocycles. The molecule has 0 radical (unpaired) electrons. The SMILES string of the molecule is CNC(=O)N1CCC(N(C(=O)Nc2ccc(OC)nc2OC(F)F)c2ccccc2C(C)C)CC1. The lowest BCUT2D eigenvalue weighted by Crippen LogP contribution is -2.52. The standard InChI is InChI=1S/C24H31F2N5O4/c1-15(2)17-7-5-6-8-19(17)31(16-11-13-30(14-12-16)23(32)27-3)24(33)28-18-9-10-20(34-4)29-21(18)35-22(25)26/h5-10,15-16,22H,11-14H2,1-4H3,(H,27,32)(H,28,33). The maximum atomic E-state index is 13.7. The number of halogens is 2. The molecule has 0 unspecified atom stereocenters. The van der Waals surface area contributed by atoms with Gasteiger partial charge < -0.3 is 25.0 Å². The highest BCUT2D eigenvalue weighted by Crippen LogP contribution is 2.33. The Kier molecular flexibility index (Phi) is 8.67. The van der Waals surface area contributed by atoms with E-state index in [1.54, 1.807) is 16.8 Å². The van der Waals surface area contributed by atoms with Crippen LogP contribution in [-0.4, -0.2) is 61.8 Å². The molecule has 1 saturated heterocycles. The Labute approximate surface area is 203 Å². The molecule has 2 aromatic rings. The van der Waals surface area contributed by atoms with E-state index in [0.717, 1.165) is 11.3 Å². The second kappa shape index (κ2) is 11.7. The number of nitrogens with zero attached hydrogens (tertiary/aromatic N) is 3. The summed E-state index contributed by atoms with van der Waals surface area (Å²) in [7, 11) is 2.93.